The van der Waals surface area contributed by atoms with Crippen LogP contribution in [0.1, 0.15) is 157 Å². The lowest BCUT2D eigenvalue weighted by Crippen LogP contribution is -2.33. The first kappa shape index (κ1) is 29.7. The molecule has 0 atom stereocenters. The Labute approximate surface area is 219 Å². The highest BCUT2D eigenvalue weighted by Crippen LogP contribution is 2.47. The lowest BCUT2D eigenvalue weighted by Gasteiger charge is -2.42. The third kappa shape index (κ3) is 6.23. The third-order valence-electron chi connectivity index (χ3n) is 7.57. The van der Waals surface area contributed by atoms with Crippen molar-refractivity contribution >= 4 is 0 Å². The van der Waals surface area contributed by atoms with Gasteiger partial charge in [-0.2, -0.15) is 0 Å². The van der Waals surface area contributed by atoms with E-state index in [1.807, 2.05) is 0 Å². The molecule has 0 nitrogen and oxygen atoms in total. The van der Waals surface area contributed by atoms with Crippen molar-refractivity contribution in [3.8, 4) is 0 Å². The molecule has 0 heteroatoms. The highest BCUT2D eigenvalue weighted by Gasteiger charge is 2.38. The molecule has 0 heterocycles. The van der Waals surface area contributed by atoms with E-state index in [2.05, 4.69) is 148 Å². The van der Waals surface area contributed by atoms with Gasteiger partial charge in [-0.05, 0) is 66.0 Å². The van der Waals surface area contributed by atoms with Crippen LogP contribution in [0.2, 0.25) is 0 Å². The van der Waals surface area contributed by atoms with E-state index in [0.717, 1.165) is 0 Å². The first-order chi connectivity index (χ1) is 15.3. The molecule has 0 saturated carbocycles. The van der Waals surface area contributed by atoms with Crippen LogP contribution in [0.5, 0.6) is 0 Å². The third-order valence-corrected chi connectivity index (χ3v) is 7.57. The molecule has 35 heavy (non-hydrogen) atoms. The number of rotatable bonds is 2. The molecule has 2 rings (SSSR count). The molecule has 0 N–H and O–H groups in total. The monoisotopic (exact) mass is 476 g/mol. The van der Waals surface area contributed by atoms with Crippen LogP contribution in [0, 0.1) is 0 Å². The lowest BCUT2D eigenvalue weighted by atomic mass is 9.62. The molecular weight excluding hydrogens is 420 g/mol. The summed E-state index contributed by atoms with van der Waals surface area (Å²) in [5.41, 5.74) is 10.5. The fraction of sp³-hybridized carbons (Fsp3) is 0.657. The summed E-state index contributed by atoms with van der Waals surface area (Å²) >= 11 is 0. The van der Waals surface area contributed by atoms with Gasteiger partial charge in [0.1, 0.15) is 0 Å². The summed E-state index contributed by atoms with van der Waals surface area (Å²) in [5.74, 6) is 0. The average molecular weight is 477 g/mol. The zero-order chi connectivity index (χ0) is 27.6. The molecule has 0 saturated heterocycles. The summed E-state index contributed by atoms with van der Waals surface area (Å²) in [5, 5.41) is 0. The Morgan fingerprint density at radius 3 is 0.971 bits per heavy atom. The Morgan fingerprint density at radius 2 is 0.657 bits per heavy atom. The predicted octanol–water partition coefficient (Wildman–Crippen LogP) is 10.5. The van der Waals surface area contributed by atoms with Crippen LogP contribution < -0.4 is 0 Å². The molecule has 0 aliphatic heterocycles. The van der Waals surface area contributed by atoms with Gasteiger partial charge < -0.3 is 0 Å². The Balaban J connectivity index is 3.06. The van der Waals surface area contributed by atoms with Gasteiger partial charge in [0.2, 0.25) is 0 Å². The van der Waals surface area contributed by atoms with Gasteiger partial charge in [-0.1, -0.05) is 148 Å². The van der Waals surface area contributed by atoms with Gasteiger partial charge in [0.05, 0.1) is 0 Å². The molecular formula is C35H56. The minimum Gasteiger partial charge on any atom is -0.0579 e. The van der Waals surface area contributed by atoms with Crippen molar-refractivity contribution in [2.75, 3.05) is 0 Å². The van der Waals surface area contributed by atoms with Gasteiger partial charge in [-0.25, -0.2) is 0 Å². The van der Waals surface area contributed by atoms with Gasteiger partial charge in [0, 0.05) is 5.41 Å². The van der Waals surface area contributed by atoms with Crippen molar-refractivity contribution in [1.29, 1.82) is 0 Å². The molecule has 0 spiro atoms. The topological polar surface area (TPSA) is 0 Å². The second kappa shape index (κ2) is 8.78. The zero-order valence-electron chi connectivity index (χ0n) is 26.4. The van der Waals surface area contributed by atoms with Crippen molar-refractivity contribution < 1.29 is 0 Å². The van der Waals surface area contributed by atoms with Crippen LogP contribution in [0.25, 0.3) is 0 Å². The zero-order valence-corrected chi connectivity index (χ0v) is 26.4. The van der Waals surface area contributed by atoms with E-state index >= 15 is 0 Å². The van der Waals surface area contributed by atoms with E-state index in [1.54, 1.807) is 0 Å². The van der Waals surface area contributed by atoms with E-state index in [1.165, 1.54) is 38.9 Å². The molecule has 0 aromatic heterocycles. The van der Waals surface area contributed by atoms with Gasteiger partial charge in [0.15, 0.2) is 0 Å². The standard InChI is InChI=1S/C35H56/c1-30(2,3)23-20-24(31(4,5)6)22-25(21-23)35(16,17)27-19-18-26(32(7,8)9)28(33(10,11)12)29(27)34(13,14)15/h18-22H,1-17H3. The van der Waals surface area contributed by atoms with Crippen LogP contribution in [-0.2, 0) is 32.5 Å². The predicted molar refractivity (Wildman–Crippen MR) is 159 cm³/mol. The van der Waals surface area contributed by atoms with Crippen LogP contribution in [-0.4, -0.2) is 0 Å². The first-order valence-electron chi connectivity index (χ1n) is 13.6. The summed E-state index contributed by atoms with van der Waals surface area (Å²) in [6.45, 7) is 40.3. The fourth-order valence-electron chi connectivity index (χ4n) is 5.32. The van der Waals surface area contributed by atoms with Crippen molar-refractivity contribution in [3.05, 3.63) is 69.3 Å². The Morgan fingerprint density at radius 1 is 0.343 bits per heavy atom. The highest BCUT2D eigenvalue weighted by molar-refractivity contribution is 5.56. The van der Waals surface area contributed by atoms with E-state index in [-0.39, 0.29) is 32.5 Å². The van der Waals surface area contributed by atoms with Crippen molar-refractivity contribution in [2.24, 2.45) is 0 Å². The van der Waals surface area contributed by atoms with Gasteiger partial charge >= 0.3 is 0 Å². The van der Waals surface area contributed by atoms with Crippen LogP contribution in [0.15, 0.2) is 30.3 Å². The van der Waals surface area contributed by atoms with Gasteiger partial charge in [-0.15, -0.1) is 0 Å². The largest absolute Gasteiger partial charge is 0.0579 e. The van der Waals surface area contributed by atoms with Crippen molar-refractivity contribution in [1.82, 2.24) is 0 Å². The lowest BCUT2D eigenvalue weighted by molar-refractivity contribution is 0.482. The minimum atomic E-state index is -0.125. The molecule has 0 aliphatic rings. The number of benzene rings is 2. The summed E-state index contributed by atoms with van der Waals surface area (Å²) < 4.78 is 0. The van der Waals surface area contributed by atoms with Crippen molar-refractivity contribution in [2.45, 2.75) is 150 Å². The van der Waals surface area contributed by atoms with E-state index < -0.39 is 0 Å². The summed E-state index contributed by atoms with van der Waals surface area (Å²) in [6.07, 6.45) is 0. The first-order valence-corrected chi connectivity index (χ1v) is 13.6. The Bertz CT molecular complexity index is 1020. The van der Waals surface area contributed by atoms with Gasteiger partial charge in [0.25, 0.3) is 0 Å². The SMILES string of the molecule is CC(C)(C)c1cc(C(C)(C)C)cc(C(C)(C)c2ccc(C(C)(C)C)c(C(C)(C)C)c2C(C)(C)C)c1. The normalized spacial score (nSPS) is 14.4. The van der Waals surface area contributed by atoms with Crippen molar-refractivity contribution in [3.63, 3.8) is 0 Å². The molecule has 0 radical (unpaired) electrons. The molecule has 0 aliphatic carbocycles. The Kier molecular flexibility index (Phi) is 7.44. The molecule has 2 aromatic carbocycles. The second-order valence-corrected chi connectivity index (χ2v) is 16.6. The number of hydrogen-bond acceptors (Lipinski definition) is 0. The van der Waals surface area contributed by atoms with Crippen LogP contribution in [0.3, 0.4) is 0 Å². The maximum atomic E-state index is 2.48. The van der Waals surface area contributed by atoms with Crippen LogP contribution >= 0.6 is 0 Å². The van der Waals surface area contributed by atoms with Crippen LogP contribution in [0.4, 0.5) is 0 Å². The summed E-state index contributed by atoms with van der Waals surface area (Å²) in [6, 6.07) is 12.3. The fourth-order valence-corrected chi connectivity index (χ4v) is 5.32. The van der Waals surface area contributed by atoms with Gasteiger partial charge in [-0.3, -0.25) is 0 Å². The second-order valence-electron chi connectivity index (χ2n) is 16.6. The van der Waals surface area contributed by atoms with E-state index in [0.29, 0.717) is 0 Å². The molecule has 0 amide bonds. The minimum absolute atomic E-state index is 0.0327. The molecule has 196 valence electrons. The maximum Gasteiger partial charge on any atom is 0.0149 e. The molecule has 0 fully saturated rings. The average Bonchev–Trinajstić information content (AvgIpc) is 2.63. The molecule has 0 bridgehead atoms. The highest BCUT2D eigenvalue weighted by atomic mass is 14.4. The van der Waals surface area contributed by atoms with E-state index in [9.17, 15) is 0 Å². The number of hydrogen-bond donors (Lipinski definition) is 0. The maximum absolute atomic E-state index is 2.48. The summed E-state index contributed by atoms with van der Waals surface area (Å²) in [7, 11) is 0. The molecule has 2 aromatic rings. The quantitative estimate of drug-likeness (QED) is 0.404. The summed E-state index contributed by atoms with van der Waals surface area (Å²) in [4.78, 5) is 0. The van der Waals surface area contributed by atoms with E-state index in [4.69, 9.17) is 0 Å². The molecule has 0 unspecified atom stereocenters. The smallest absolute Gasteiger partial charge is 0.0149 e. The Hall–Kier alpha value is -1.56.